The summed E-state index contributed by atoms with van der Waals surface area (Å²) < 4.78 is 0. The van der Waals surface area contributed by atoms with E-state index in [2.05, 4.69) is 32.7 Å². The molecule has 7 rings (SSSR count). The number of hydrogen-bond acceptors (Lipinski definition) is 4. The van der Waals surface area contributed by atoms with Crippen molar-refractivity contribution in [1.29, 1.82) is 0 Å². The Morgan fingerprint density at radius 1 is 0.946 bits per heavy atom. The third-order valence-corrected chi connectivity index (χ3v) is 9.32. The summed E-state index contributed by atoms with van der Waals surface area (Å²) in [5.41, 5.74) is 4.48. The summed E-state index contributed by atoms with van der Waals surface area (Å²) >= 11 is 1.39. The SMILES string of the molecule is Cc1[nH]c(SCC(=O)Nc2cccc(NC(=O)C34CC5CC(CC(C5)C3)C4)c2)nc1Cc1ccccc1. The molecule has 0 radical (unpaired) electrons. The van der Waals surface area contributed by atoms with Crippen LogP contribution in [0.4, 0.5) is 11.4 Å². The summed E-state index contributed by atoms with van der Waals surface area (Å²) in [4.78, 5) is 34.0. The fourth-order valence-electron chi connectivity index (χ4n) is 7.15. The van der Waals surface area contributed by atoms with Crippen molar-refractivity contribution >= 4 is 35.0 Å². The van der Waals surface area contributed by atoms with Gasteiger partial charge in [0, 0.05) is 23.5 Å². The van der Waals surface area contributed by atoms with Crippen LogP contribution in [-0.2, 0) is 16.0 Å². The number of imidazole rings is 1. The molecule has 4 aliphatic rings. The van der Waals surface area contributed by atoms with Gasteiger partial charge in [-0.05, 0) is 87.0 Å². The number of benzene rings is 2. The summed E-state index contributed by atoms with van der Waals surface area (Å²) in [7, 11) is 0. The fourth-order valence-corrected chi connectivity index (χ4v) is 7.89. The number of anilines is 2. The minimum atomic E-state index is -0.189. The second kappa shape index (κ2) is 10.0. The molecule has 0 unspecified atom stereocenters. The van der Waals surface area contributed by atoms with Crippen LogP contribution in [0, 0.1) is 30.1 Å². The number of nitrogens with one attached hydrogen (secondary N) is 3. The molecule has 4 fully saturated rings. The molecule has 192 valence electrons. The third kappa shape index (κ3) is 5.33. The largest absolute Gasteiger partial charge is 0.337 e. The van der Waals surface area contributed by atoms with Crippen LogP contribution in [-0.4, -0.2) is 27.5 Å². The molecule has 3 aromatic rings. The second-order valence-corrected chi connectivity index (χ2v) is 12.3. The molecular formula is C30H34N4O2S. The number of amides is 2. The van der Waals surface area contributed by atoms with E-state index >= 15 is 0 Å². The van der Waals surface area contributed by atoms with Gasteiger partial charge in [0.2, 0.25) is 11.8 Å². The van der Waals surface area contributed by atoms with Gasteiger partial charge in [0.15, 0.2) is 5.16 Å². The lowest BCUT2D eigenvalue weighted by atomic mass is 9.49. The molecule has 0 atom stereocenters. The number of nitrogens with zero attached hydrogens (tertiary/aromatic N) is 1. The average molecular weight is 515 g/mol. The van der Waals surface area contributed by atoms with Gasteiger partial charge < -0.3 is 15.6 Å². The Morgan fingerprint density at radius 3 is 2.27 bits per heavy atom. The molecule has 2 aromatic carbocycles. The van der Waals surface area contributed by atoms with E-state index in [1.165, 1.54) is 36.6 Å². The van der Waals surface area contributed by atoms with Crippen molar-refractivity contribution in [2.45, 2.75) is 57.0 Å². The second-order valence-electron chi connectivity index (χ2n) is 11.3. The topological polar surface area (TPSA) is 86.9 Å². The predicted molar refractivity (Wildman–Crippen MR) is 148 cm³/mol. The number of aryl methyl sites for hydroxylation is 1. The van der Waals surface area contributed by atoms with Crippen molar-refractivity contribution in [1.82, 2.24) is 9.97 Å². The minimum absolute atomic E-state index is 0.103. The van der Waals surface area contributed by atoms with Gasteiger partial charge in [-0.25, -0.2) is 4.98 Å². The van der Waals surface area contributed by atoms with Crippen LogP contribution in [0.15, 0.2) is 59.8 Å². The summed E-state index contributed by atoms with van der Waals surface area (Å²) in [5, 5.41) is 6.90. The molecule has 3 N–H and O–H groups in total. The number of aromatic amines is 1. The van der Waals surface area contributed by atoms with Gasteiger partial charge in [0.25, 0.3) is 0 Å². The quantitative estimate of drug-likeness (QED) is 0.313. The first-order valence-corrected chi connectivity index (χ1v) is 14.4. The van der Waals surface area contributed by atoms with Crippen LogP contribution in [0.1, 0.15) is 55.5 Å². The number of H-pyrrole nitrogens is 1. The van der Waals surface area contributed by atoms with E-state index in [1.807, 2.05) is 49.4 Å². The molecule has 2 amide bonds. The van der Waals surface area contributed by atoms with Crippen LogP contribution in [0.25, 0.3) is 0 Å². The van der Waals surface area contributed by atoms with E-state index in [-0.39, 0.29) is 23.0 Å². The zero-order valence-corrected chi connectivity index (χ0v) is 22.1. The molecule has 4 saturated carbocycles. The van der Waals surface area contributed by atoms with Gasteiger partial charge in [0.1, 0.15) is 0 Å². The zero-order chi connectivity index (χ0) is 25.4. The molecule has 1 aromatic heterocycles. The van der Waals surface area contributed by atoms with E-state index in [9.17, 15) is 9.59 Å². The first-order valence-electron chi connectivity index (χ1n) is 13.4. The lowest BCUT2D eigenvalue weighted by Crippen LogP contribution is -2.51. The Bertz CT molecular complexity index is 1270. The van der Waals surface area contributed by atoms with Gasteiger partial charge in [-0.2, -0.15) is 0 Å². The van der Waals surface area contributed by atoms with Gasteiger partial charge in [0.05, 0.1) is 16.9 Å². The molecule has 1 heterocycles. The van der Waals surface area contributed by atoms with Gasteiger partial charge in [-0.1, -0.05) is 48.2 Å². The highest BCUT2D eigenvalue weighted by atomic mass is 32.2. The average Bonchev–Trinajstić information content (AvgIpc) is 3.21. The van der Waals surface area contributed by atoms with Crippen LogP contribution in [0.3, 0.4) is 0 Å². The summed E-state index contributed by atoms with van der Waals surface area (Å²) in [5.74, 6) is 2.51. The van der Waals surface area contributed by atoms with E-state index < -0.39 is 0 Å². The standard InChI is InChI=1S/C30H34N4O2S/c1-19-26(13-20-6-3-2-4-7-20)34-29(31-19)37-18-27(35)32-24-8-5-9-25(14-24)33-28(36)30-15-21-10-22(16-30)12-23(11-21)17-30/h2-9,14,21-23H,10-13,15-18H2,1H3,(H,31,34)(H,32,35)(H,33,36). The molecule has 0 saturated heterocycles. The van der Waals surface area contributed by atoms with Crippen molar-refractivity contribution in [3.8, 4) is 0 Å². The number of rotatable bonds is 8. The number of carbonyl (C=O) groups is 2. The highest BCUT2D eigenvalue weighted by Crippen LogP contribution is 2.60. The highest BCUT2D eigenvalue weighted by Gasteiger charge is 2.54. The Labute approximate surface area is 222 Å². The summed E-state index contributed by atoms with van der Waals surface area (Å²) in [6.45, 7) is 2.01. The highest BCUT2D eigenvalue weighted by molar-refractivity contribution is 7.99. The summed E-state index contributed by atoms with van der Waals surface area (Å²) in [6, 6.07) is 17.7. The first kappa shape index (κ1) is 24.3. The number of hydrogen-bond donors (Lipinski definition) is 3. The molecule has 37 heavy (non-hydrogen) atoms. The van der Waals surface area contributed by atoms with Crippen molar-refractivity contribution in [2.24, 2.45) is 23.2 Å². The van der Waals surface area contributed by atoms with Crippen LogP contribution >= 0.6 is 11.8 Å². The van der Waals surface area contributed by atoms with Crippen LogP contribution in [0.5, 0.6) is 0 Å². The fraction of sp³-hybridized carbons (Fsp3) is 0.433. The van der Waals surface area contributed by atoms with Crippen LogP contribution in [0.2, 0.25) is 0 Å². The lowest BCUT2D eigenvalue weighted by Gasteiger charge is -2.55. The lowest BCUT2D eigenvalue weighted by molar-refractivity contribution is -0.140. The maximum absolute atomic E-state index is 13.4. The van der Waals surface area contributed by atoms with Gasteiger partial charge in [-0.15, -0.1) is 0 Å². The smallest absolute Gasteiger partial charge is 0.234 e. The molecule has 4 aliphatic carbocycles. The van der Waals surface area contributed by atoms with Crippen molar-refractivity contribution < 1.29 is 9.59 Å². The molecule has 0 aliphatic heterocycles. The van der Waals surface area contributed by atoms with E-state index in [1.54, 1.807) is 0 Å². The summed E-state index contributed by atoms with van der Waals surface area (Å²) in [6.07, 6.45) is 7.83. The number of thioether (sulfide) groups is 1. The minimum Gasteiger partial charge on any atom is -0.337 e. The maximum Gasteiger partial charge on any atom is 0.234 e. The van der Waals surface area contributed by atoms with E-state index in [0.29, 0.717) is 5.69 Å². The Kier molecular flexibility index (Phi) is 6.57. The molecular weight excluding hydrogens is 480 g/mol. The van der Waals surface area contributed by atoms with Gasteiger partial charge >= 0.3 is 0 Å². The third-order valence-electron chi connectivity index (χ3n) is 8.44. The van der Waals surface area contributed by atoms with Crippen molar-refractivity contribution in [2.75, 3.05) is 16.4 Å². The molecule has 0 spiro atoms. The molecule has 4 bridgehead atoms. The first-order chi connectivity index (χ1) is 17.9. The Hall–Kier alpha value is -3.06. The van der Waals surface area contributed by atoms with Gasteiger partial charge in [-0.3, -0.25) is 9.59 Å². The van der Waals surface area contributed by atoms with Crippen LogP contribution < -0.4 is 10.6 Å². The monoisotopic (exact) mass is 514 g/mol. The maximum atomic E-state index is 13.4. The van der Waals surface area contributed by atoms with E-state index in [4.69, 9.17) is 0 Å². The zero-order valence-electron chi connectivity index (χ0n) is 21.3. The van der Waals surface area contributed by atoms with Crippen molar-refractivity contribution in [3.63, 3.8) is 0 Å². The normalized spacial score (nSPS) is 25.7. The number of carbonyl (C=O) groups excluding carboxylic acids is 2. The number of aromatic nitrogens is 2. The molecule has 7 heteroatoms. The Balaban J connectivity index is 1.03. The van der Waals surface area contributed by atoms with E-state index in [0.717, 1.165) is 65.7 Å². The Morgan fingerprint density at radius 2 is 1.59 bits per heavy atom. The molecule has 6 nitrogen and oxygen atoms in total. The van der Waals surface area contributed by atoms with Crippen molar-refractivity contribution in [3.05, 3.63) is 71.5 Å². The predicted octanol–water partition coefficient (Wildman–Crippen LogP) is 6.19.